The van der Waals surface area contributed by atoms with Crippen LogP contribution in [0.2, 0.25) is 0 Å². The minimum absolute atomic E-state index is 0.199. The van der Waals surface area contributed by atoms with Crippen LogP contribution in [0.15, 0.2) is 48.5 Å². The van der Waals surface area contributed by atoms with Crippen molar-refractivity contribution in [3.05, 3.63) is 54.1 Å². The van der Waals surface area contributed by atoms with E-state index >= 15 is 0 Å². The van der Waals surface area contributed by atoms with E-state index in [-0.39, 0.29) is 5.91 Å². The predicted molar refractivity (Wildman–Crippen MR) is 92.8 cm³/mol. The molecule has 0 aromatic heterocycles. The van der Waals surface area contributed by atoms with Gasteiger partial charge < -0.3 is 10.1 Å². The highest BCUT2D eigenvalue weighted by Crippen LogP contribution is 2.38. The zero-order valence-corrected chi connectivity index (χ0v) is 13.7. The van der Waals surface area contributed by atoms with Crippen molar-refractivity contribution in [1.29, 1.82) is 5.26 Å². The molecule has 1 aliphatic rings. The Labute approximate surface area is 142 Å². The molecule has 0 unspecified atom stereocenters. The number of hydrogen-bond donors (Lipinski definition) is 1. The van der Waals surface area contributed by atoms with Crippen LogP contribution in [-0.4, -0.2) is 5.91 Å². The van der Waals surface area contributed by atoms with Crippen LogP contribution in [0.4, 0.5) is 5.69 Å². The third kappa shape index (κ3) is 3.41. The Morgan fingerprint density at radius 1 is 1.04 bits per heavy atom. The van der Waals surface area contributed by atoms with Gasteiger partial charge in [-0.2, -0.15) is 5.26 Å². The summed E-state index contributed by atoms with van der Waals surface area (Å²) in [5.74, 6) is 1.27. The highest BCUT2D eigenvalue weighted by Gasteiger charge is 2.41. The Bertz CT molecular complexity index is 752. The van der Waals surface area contributed by atoms with Gasteiger partial charge in [0.05, 0.1) is 6.07 Å². The molecule has 0 heterocycles. The van der Waals surface area contributed by atoms with Crippen molar-refractivity contribution in [2.45, 2.75) is 32.6 Å². The Balaban J connectivity index is 1.65. The third-order valence-corrected chi connectivity index (χ3v) is 4.47. The van der Waals surface area contributed by atoms with Crippen molar-refractivity contribution in [3.63, 3.8) is 0 Å². The lowest BCUT2D eigenvalue weighted by Crippen LogP contribution is -2.32. The Kier molecular flexibility index (Phi) is 4.52. The monoisotopic (exact) mass is 320 g/mol. The molecule has 2 aromatic carbocycles. The van der Waals surface area contributed by atoms with E-state index in [9.17, 15) is 10.1 Å². The average molecular weight is 320 g/mol. The van der Waals surface area contributed by atoms with Crippen LogP contribution in [0.3, 0.4) is 0 Å². The van der Waals surface area contributed by atoms with Crippen LogP contribution >= 0.6 is 0 Å². The fraction of sp³-hybridized carbons (Fsp3) is 0.300. The molecular formula is C20H20N2O2. The highest BCUT2D eigenvalue weighted by molar-refractivity contribution is 5.97. The molecule has 24 heavy (non-hydrogen) atoms. The topological polar surface area (TPSA) is 62.1 Å². The Morgan fingerprint density at radius 3 is 2.12 bits per heavy atom. The first kappa shape index (κ1) is 16.1. The first-order valence-corrected chi connectivity index (χ1v) is 8.19. The maximum absolute atomic E-state index is 12.4. The molecule has 0 bridgehead atoms. The van der Waals surface area contributed by atoms with Gasteiger partial charge in [-0.3, -0.25) is 4.79 Å². The van der Waals surface area contributed by atoms with Gasteiger partial charge in [-0.25, -0.2) is 0 Å². The molecule has 122 valence electrons. The zero-order chi connectivity index (χ0) is 17.0. The van der Waals surface area contributed by atoms with Gasteiger partial charge in [0.15, 0.2) is 0 Å². The number of benzene rings is 2. The number of nitrogens with zero attached hydrogens (tertiary/aromatic N) is 1. The largest absolute Gasteiger partial charge is 0.457 e. The number of amides is 1. The molecular weight excluding hydrogens is 300 g/mol. The molecule has 2 aromatic rings. The normalized spacial score (nSPS) is 15.5. The lowest BCUT2D eigenvalue weighted by Gasteiger charge is -2.19. The molecule has 1 saturated carbocycles. The second-order valence-electron chi connectivity index (χ2n) is 6.29. The number of carbonyl (C=O) groups is 1. The van der Waals surface area contributed by atoms with Crippen molar-refractivity contribution in [1.82, 2.24) is 0 Å². The molecule has 0 radical (unpaired) electrons. The summed E-state index contributed by atoms with van der Waals surface area (Å²) >= 11 is 0. The quantitative estimate of drug-likeness (QED) is 0.879. The van der Waals surface area contributed by atoms with Gasteiger partial charge in [0.25, 0.3) is 0 Å². The molecule has 1 N–H and O–H groups in total. The summed E-state index contributed by atoms with van der Waals surface area (Å²) in [6.07, 6.45) is 3.16. The smallest absolute Gasteiger partial charge is 0.244 e. The first-order valence-electron chi connectivity index (χ1n) is 8.19. The summed E-state index contributed by atoms with van der Waals surface area (Å²) in [5.41, 5.74) is 0.994. The minimum Gasteiger partial charge on any atom is -0.457 e. The molecule has 0 saturated heterocycles. The number of ether oxygens (including phenoxy) is 1. The molecule has 4 heteroatoms. The summed E-state index contributed by atoms with van der Waals surface area (Å²) in [7, 11) is 0. The molecule has 1 fully saturated rings. The van der Waals surface area contributed by atoms with E-state index in [2.05, 4.69) is 11.4 Å². The molecule has 1 aliphatic carbocycles. The van der Waals surface area contributed by atoms with E-state index in [4.69, 9.17) is 4.74 Å². The lowest BCUT2D eigenvalue weighted by atomic mass is 9.87. The Morgan fingerprint density at radius 2 is 1.58 bits per heavy atom. The van der Waals surface area contributed by atoms with Crippen LogP contribution in [0, 0.1) is 23.7 Å². The maximum atomic E-state index is 12.4. The zero-order valence-electron chi connectivity index (χ0n) is 13.7. The third-order valence-electron chi connectivity index (χ3n) is 4.47. The number of rotatable bonds is 4. The van der Waals surface area contributed by atoms with Crippen LogP contribution in [0.5, 0.6) is 11.5 Å². The number of hydrogen-bond acceptors (Lipinski definition) is 3. The van der Waals surface area contributed by atoms with Crippen LogP contribution in [-0.2, 0) is 4.79 Å². The molecule has 0 aliphatic heterocycles. The van der Waals surface area contributed by atoms with Crippen molar-refractivity contribution in [3.8, 4) is 17.6 Å². The number of aryl methyl sites for hydroxylation is 1. The van der Waals surface area contributed by atoms with Crippen LogP contribution in [0.1, 0.15) is 31.2 Å². The van der Waals surface area contributed by atoms with E-state index in [0.29, 0.717) is 24.3 Å². The van der Waals surface area contributed by atoms with Crippen molar-refractivity contribution < 1.29 is 9.53 Å². The fourth-order valence-corrected chi connectivity index (χ4v) is 2.97. The SMILES string of the molecule is Cc1ccc(Oc2ccc(NC(=O)C3(C#N)CCCC3)cc2)cc1. The van der Waals surface area contributed by atoms with E-state index in [1.54, 1.807) is 12.1 Å². The van der Waals surface area contributed by atoms with Gasteiger partial charge in [-0.15, -0.1) is 0 Å². The second-order valence-corrected chi connectivity index (χ2v) is 6.29. The number of nitriles is 1. The van der Waals surface area contributed by atoms with E-state index in [0.717, 1.165) is 18.6 Å². The summed E-state index contributed by atoms with van der Waals surface area (Å²) in [5, 5.41) is 12.2. The Hall–Kier alpha value is -2.80. The van der Waals surface area contributed by atoms with E-state index in [1.807, 2.05) is 43.3 Å². The standard InChI is InChI=1S/C20H20N2O2/c1-15-4-8-17(9-5-15)24-18-10-6-16(7-11-18)22-19(23)20(14-21)12-2-3-13-20/h4-11H,2-3,12-13H2,1H3,(H,22,23). The first-order chi connectivity index (χ1) is 11.6. The summed E-state index contributed by atoms with van der Waals surface area (Å²) in [6.45, 7) is 2.03. The van der Waals surface area contributed by atoms with Crippen LogP contribution < -0.4 is 10.1 Å². The number of carbonyl (C=O) groups excluding carboxylic acids is 1. The van der Waals surface area contributed by atoms with E-state index in [1.165, 1.54) is 5.56 Å². The second kappa shape index (κ2) is 6.76. The molecule has 0 atom stereocenters. The van der Waals surface area contributed by atoms with Gasteiger partial charge in [-0.1, -0.05) is 30.5 Å². The maximum Gasteiger partial charge on any atom is 0.244 e. The summed E-state index contributed by atoms with van der Waals surface area (Å²) in [6, 6.07) is 17.2. The van der Waals surface area contributed by atoms with Crippen LogP contribution in [0.25, 0.3) is 0 Å². The highest BCUT2D eigenvalue weighted by atomic mass is 16.5. The van der Waals surface area contributed by atoms with Gasteiger partial charge in [0, 0.05) is 5.69 Å². The number of nitrogens with one attached hydrogen (secondary N) is 1. The van der Waals surface area contributed by atoms with Crippen molar-refractivity contribution >= 4 is 11.6 Å². The molecule has 3 rings (SSSR count). The average Bonchev–Trinajstić information content (AvgIpc) is 3.09. The van der Waals surface area contributed by atoms with E-state index < -0.39 is 5.41 Å². The molecule has 1 amide bonds. The van der Waals surface area contributed by atoms with Gasteiger partial charge in [-0.05, 0) is 56.2 Å². The van der Waals surface area contributed by atoms with Gasteiger partial charge >= 0.3 is 0 Å². The van der Waals surface area contributed by atoms with Gasteiger partial charge in [0.1, 0.15) is 16.9 Å². The van der Waals surface area contributed by atoms with Crippen molar-refractivity contribution in [2.75, 3.05) is 5.32 Å². The number of anilines is 1. The fourth-order valence-electron chi connectivity index (χ4n) is 2.97. The lowest BCUT2D eigenvalue weighted by molar-refractivity contribution is -0.122. The molecule has 4 nitrogen and oxygen atoms in total. The van der Waals surface area contributed by atoms with Crippen molar-refractivity contribution in [2.24, 2.45) is 5.41 Å². The summed E-state index contributed by atoms with van der Waals surface area (Å²) < 4.78 is 5.77. The summed E-state index contributed by atoms with van der Waals surface area (Å²) in [4.78, 5) is 12.4. The molecule has 0 spiro atoms. The minimum atomic E-state index is -0.864. The van der Waals surface area contributed by atoms with Gasteiger partial charge in [0.2, 0.25) is 5.91 Å². The predicted octanol–water partition coefficient (Wildman–Crippen LogP) is 4.81.